The Bertz CT molecular complexity index is 1690. The molecule has 6 aromatic rings. The van der Waals surface area contributed by atoms with Crippen LogP contribution in [-0.2, 0) is 13.5 Å². The highest BCUT2D eigenvalue weighted by molar-refractivity contribution is 6.25. The van der Waals surface area contributed by atoms with Crippen molar-refractivity contribution in [2.45, 2.75) is 39.0 Å². The Morgan fingerprint density at radius 3 is 2.62 bits per heavy atom. The van der Waals surface area contributed by atoms with E-state index in [4.69, 9.17) is 0 Å². The number of halogens is 1. The van der Waals surface area contributed by atoms with Crippen molar-refractivity contribution in [3.63, 3.8) is 0 Å². The number of benzene rings is 3. The summed E-state index contributed by atoms with van der Waals surface area (Å²) in [6.07, 6.45) is 8.70. The Kier molecular flexibility index (Phi) is 3.68. The number of hydrogen-bond donors (Lipinski definition) is 0. The topological polar surface area (TPSA) is 8.29 Å². The molecule has 0 N–H and O–H groups in total. The molecule has 1 aliphatic carbocycles. The Balaban J connectivity index is 1.75. The molecule has 0 saturated heterocycles. The molecule has 3 heterocycles. The van der Waals surface area contributed by atoms with E-state index in [1.165, 1.54) is 53.1 Å². The summed E-state index contributed by atoms with van der Waals surface area (Å²) >= 11 is 0. The van der Waals surface area contributed by atoms with Gasteiger partial charge in [-0.25, -0.2) is 8.96 Å². The summed E-state index contributed by atoms with van der Waals surface area (Å²) in [6.45, 7) is 2.04. The van der Waals surface area contributed by atoms with Crippen molar-refractivity contribution in [3.8, 4) is 0 Å². The zero-order valence-corrected chi connectivity index (χ0v) is 18.6. The second-order valence-corrected chi connectivity index (χ2v) is 9.84. The minimum atomic E-state index is -0.128. The molecule has 0 atom stereocenters. The van der Waals surface area contributed by atoms with E-state index in [1.807, 2.05) is 13.0 Å². The van der Waals surface area contributed by atoms with Crippen LogP contribution in [0.3, 0.4) is 0 Å². The predicted molar refractivity (Wildman–Crippen MR) is 130 cm³/mol. The van der Waals surface area contributed by atoms with Crippen molar-refractivity contribution in [3.05, 3.63) is 71.7 Å². The Labute approximate surface area is 186 Å². The minimum Gasteiger partial charge on any atom is -0.307 e. The van der Waals surface area contributed by atoms with Crippen LogP contribution in [0.25, 0.3) is 49.0 Å². The molecule has 0 radical (unpaired) electrons. The molecule has 0 amide bonds. The lowest BCUT2D eigenvalue weighted by atomic mass is 9.94. The maximum atomic E-state index is 15.4. The van der Waals surface area contributed by atoms with Crippen LogP contribution in [-0.4, -0.2) is 4.40 Å². The van der Waals surface area contributed by atoms with E-state index in [2.05, 4.69) is 58.6 Å². The smallest absolute Gasteiger partial charge is 0.224 e. The van der Waals surface area contributed by atoms with Gasteiger partial charge in [-0.05, 0) is 54.0 Å². The van der Waals surface area contributed by atoms with Gasteiger partial charge in [-0.2, -0.15) is 0 Å². The molecular weight excluding hydrogens is 395 g/mol. The molecule has 1 saturated carbocycles. The molecule has 3 heteroatoms. The molecule has 0 spiro atoms. The lowest BCUT2D eigenvalue weighted by molar-refractivity contribution is -0.643. The van der Waals surface area contributed by atoms with Gasteiger partial charge in [0, 0.05) is 16.8 Å². The molecule has 32 heavy (non-hydrogen) atoms. The quantitative estimate of drug-likeness (QED) is 0.162. The van der Waals surface area contributed by atoms with E-state index in [1.54, 1.807) is 6.07 Å². The van der Waals surface area contributed by atoms with Crippen LogP contribution in [0.5, 0.6) is 0 Å². The van der Waals surface area contributed by atoms with Crippen molar-refractivity contribution >= 4 is 49.0 Å². The van der Waals surface area contributed by atoms with Crippen LogP contribution in [0.15, 0.2) is 54.7 Å². The van der Waals surface area contributed by atoms with Gasteiger partial charge in [0.05, 0.1) is 27.3 Å². The van der Waals surface area contributed by atoms with Gasteiger partial charge < -0.3 is 4.40 Å². The lowest BCUT2D eigenvalue weighted by Gasteiger charge is -2.16. The Morgan fingerprint density at radius 2 is 1.78 bits per heavy atom. The molecule has 0 unspecified atom stereocenters. The van der Waals surface area contributed by atoms with Crippen LogP contribution in [0.4, 0.5) is 4.39 Å². The summed E-state index contributed by atoms with van der Waals surface area (Å²) < 4.78 is 20.0. The highest BCUT2D eigenvalue weighted by Gasteiger charge is 2.26. The average Bonchev–Trinajstić information content (AvgIpc) is 3.41. The molecular formula is C29H26FN2+. The molecule has 7 rings (SSSR count). The van der Waals surface area contributed by atoms with Crippen molar-refractivity contribution in [2.75, 3.05) is 0 Å². The van der Waals surface area contributed by atoms with E-state index in [0.29, 0.717) is 0 Å². The second kappa shape index (κ2) is 6.41. The van der Waals surface area contributed by atoms with E-state index in [0.717, 1.165) is 45.1 Å². The van der Waals surface area contributed by atoms with E-state index in [9.17, 15) is 0 Å². The zero-order chi connectivity index (χ0) is 21.6. The molecule has 0 aliphatic heterocycles. The summed E-state index contributed by atoms with van der Waals surface area (Å²) in [6, 6.07) is 17.0. The Hall–Kier alpha value is -3.20. The van der Waals surface area contributed by atoms with Crippen molar-refractivity contribution in [1.29, 1.82) is 0 Å². The third kappa shape index (κ3) is 2.31. The van der Waals surface area contributed by atoms with Gasteiger partial charge in [0.15, 0.2) is 6.20 Å². The van der Waals surface area contributed by atoms with Crippen LogP contribution in [0.2, 0.25) is 0 Å². The largest absolute Gasteiger partial charge is 0.307 e. The summed E-state index contributed by atoms with van der Waals surface area (Å²) in [5, 5.41) is 5.44. The third-order valence-electron chi connectivity index (χ3n) is 7.84. The van der Waals surface area contributed by atoms with Crippen LogP contribution < -0.4 is 4.57 Å². The number of hydrogen-bond acceptors (Lipinski definition) is 0. The fraction of sp³-hybridized carbons (Fsp3) is 0.276. The first-order chi connectivity index (χ1) is 15.6. The minimum absolute atomic E-state index is 0.128. The summed E-state index contributed by atoms with van der Waals surface area (Å²) in [7, 11) is 2.11. The fourth-order valence-corrected chi connectivity index (χ4v) is 6.47. The van der Waals surface area contributed by atoms with Gasteiger partial charge in [-0.15, -0.1) is 0 Å². The fourth-order valence-electron chi connectivity index (χ4n) is 6.47. The lowest BCUT2D eigenvalue weighted by Crippen LogP contribution is -2.29. The van der Waals surface area contributed by atoms with Crippen molar-refractivity contribution in [1.82, 2.24) is 4.40 Å². The average molecular weight is 422 g/mol. The van der Waals surface area contributed by atoms with Gasteiger partial charge in [0.25, 0.3) is 0 Å². The highest BCUT2D eigenvalue weighted by atomic mass is 19.1. The number of aromatic nitrogens is 2. The molecule has 1 aliphatic rings. The number of fused-ring (bicyclic) bond motifs is 5. The molecule has 0 bridgehead atoms. The Morgan fingerprint density at radius 1 is 0.969 bits per heavy atom. The van der Waals surface area contributed by atoms with Crippen LogP contribution >= 0.6 is 0 Å². The molecule has 3 aromatic heterocycles. The number of aryl methyl sites for hydroxylation is 2. The van der Waals surface area contributed by atoms with Gasteiger partial charge >= 0.3 is 0 Å². The second-order valence-electron chi connectivity index (χ2n) is 9.84. The standard InChI is InChI=1S/C29H26FN2/c1-17-13-22(30)27-21-9-5-6-10-23(21)32-24-16-19(14-18-7-3-4-8-18)15-20-11-12-31(2)28(26(20)24)25(17)29(27)32/h5-6,9-13,15-16,18H,3-4,7-8,14H2,1-2H3/q+1. The summed E-state index contributed by atoms with van der Waals surface area (Å²) in [5.41, 5.74) is 6.89. The van der Waals surface area contributed by atoms with Gasteiger partial charge in [0.2, 0.25) is 5.52 Å². The SMILES string of the molecule is Cc1cc(F)c2c3ccccc3n3c4cc(CC5CCCC5)cc5cc[n+](C)c(c1c23)c54. The summed E-state index contributed by atoms with van der Waals surface area (Å²) in [4.78, 5) is 0. The first kappa shape index (κ1) is 18.4. The molecule has 1 fully saturated rings. The zero-order valence-electron chi connectivity index (χ0n) is 18.6. The van der Waals surface area contributed by atoms with Crippen LogP contribution in [0.1, 0.15) is 36.8 Å². The molecule has 3 aromatic carbocycles. The molecule has 2 nitrogen and oxygen atoms in total. The van der Waals surface area contributed by atoms with E-state index < -0.39 is 0 Å². The first-order valence-electron chi connectivity index (χ1n) is 11.8. The first-order valence-corrected chi connectivity index (χ1v) is 11.8. The predicted octanol–water partition coefficient (Wildman–Crippen LogP) is 6.99. The van der Waals surface area contributed by atoms with E-state index >= 15 is 4.39 Å². The van der Waals surface area contributed by atoms with Gasteiger partial charge in [-0.1, -0.05) is 49.9 Å². The number of para-hydroxylation sites is 1. The van der Waals surface area contributed by atoms with Crippen molar-refractivity contribution < 1.29 is 8.96 Å². The number of rotatable bonds is 2. The maximum Gasteiger partial charge on any atom is 0.224 e. The number of nitrogens with zero attached hydrogens (tertiary/aromatic N) is 2. The summed E-state index contributed by atoms with van der Waals surface area (Å²) in [5.74, 6) is 0.660. The van der Waals surface area contributed by atoms with Crippen LogP contribution in [0, 0.1) is 18.7 Å². The van der Waals surface area contributed by atoms with E-state index in [-0.39, 0.29) is 5.82 Å². The molecule has 158 valence electrons. The number of pyridine rings is 2. The monoisotopic (exact) mass is 421 g/mol. The van der Waals surface area contributed by atoms with Gasteiger partial charge in [0.1, 0.15) is 12.9 Å². The van der Waals surface area contributed by atoms with Gasteiger partial charge in [-0.3, -0.25) is 0 Å². The van der Waals surface area contributed by atoms with Crippen molar-refractivity contribution in [2.24, 2.45) is 13.0 Å². The third-order valence-corrected chi connectivity index (χ3v) is 7.84. The maximum absolute atomic E-state index is 15.4. The highest BCUT2D eigenvalue weighted by Crippen LogP contribution is 2.42. The normalized spacial score (nSPS) is 15.5.